The Morgan fingerprint density at radius 3 is 2.81 bits per heavy atom. The number of halogens is 1. The highest BCUT2D eigenvalue weighted by Gasteiger charge is 2.15. The molecule has 3 aromatic heterocycles. The first-order valence-electron chi connectivity index (χ1n) is 8.11. The van der Waals surface area contributed by atoms with E-state index in [1.807, 2.05) is 6.92 Å². The van der Waals surface area contributed by atoms with Crippen molar-refractivity contribution in [2.45, 2.75) is 6.92 Å². The van der Waals surface area contributed by atoms with E-state index in [0.717, 1.165) is 5.69 Å². The quantitative estimate of drug-likeness (QED) is 0.596. The number of ether oxygens (including phenoxy) is 1. The molecule has 1 amide bonds. The van der Waals surface area contributed by atoms with Gasteiger partial charge in [0.15, 0.2) is 23.0 Å². The zero-order chi connectivity index (χ0) is 19.0. The Morgan fingerprint density at radius 1 is 1.26 bits per heavy atom. The van der Waals surface area contributed by atoms with Gasteiger partial charge in [-0.15, -0.1) is 0 Å². The third-order valence-corrected chi connectivity index (χ3v) is 4.02. The number of methoxy groups -OCH3 is 1. The Hall–Kier alpha value is -3.68. The van der Waals surface area contributed by atoms with Crippen LogP contribution in [0.3, 0.4) is 0 Å². The van der Waals surface area contributed by atoms with Crippen LogP contribution in [0.5, 0.6) is 5.75 Å². The second kappa shape index (κ2) is 6.56. The second-order valence-electron chi connectivity index (χ2n) is 5.86. The van der Waals surface area contributed by atoms with Crippen molar-refractivity contribution in [1.82, 2.24) is 14.6 Å². The third kappa shape index (κ3) is 3.12. The number of aryl methyl sites for hydroxylation is 1. The van der Waals surface area contributed by atoms with E-state index in [9.17, 15) is 9.18 Å². The summed E-state index contributed by atoms with van der Waals surface area (Å²) in [7, 11) is 1.38. The average Bonchev–Trinajstić information content (AvgIpc) is 3.31. The number of carbonyl (C=O) groups excluding carboxylic acids is 1. The topological polar surface area (TPSA) is 81.7 Å². The van der Waals surface area contributed by atoms with Crippen LogP contribution >= 0.6 is 0 Å². The van der Waals surface area contributed by atoms with E-state index in [-0.39, 0.29) is 11.4 Å². The van der Waals surface area contributed by atoms with Crippen molar-refractivity contribution >= 4 is 17.2 Å². The largest absolute Gasteiger partial charge is 0.494 e. The number of amides is 1. The molecule has 0 aliphatic heterocycles. The molecule has 136 valence electrons. The summed E-state index contributed by atoms with van der Waals surface area (Å²) >= 11 is 0. The summed E-state index contributed by atoms with van der Waals surface area (Å²) in [5, 5.41) is 7.07. The number of benzene rings is 1. The molecule has 3 heterocycles. The Morgan fingerprint density at radius 2 is 2.11 bits per heavy atom. The van der Waals surface area contributed by atoms with Gasteiger partial charge in [-0.2, -0.15) is 5.10 Å². The second-order valence-corrected chi connectivity index (χ2v) is 5.86. The number of hydrogen-bond acceptors (Lipinski definition) is 5. The van der Waals surface area contributed by atoms with Gasteiger partial charge in [-0.3, -0.25) is 4.79 Å². The first-order chi connectivity index (χ1) is 13.0. The SMILES string of the molecule is COc1ccc(NC(=O)c2cc(C)n3nc(-c4ccco4)cc3n2)cc1F. The summed E-state index contributed by atoms with van der Waals surface area (Å²) in [6.07, 6.45) is 1.56. The van der Waals surface area contributed by atoms with Crippen molar-refractivity contribution in [3.8, 4) is 17.2 Å². The highest BCUT2D eigenvalue weighted by molar-refractivity contribution is 6.03. The molecule has 4 aromatic rings. The van der Waals surface area contributed by atoms with Gasteiger partial charge in [0.25, 0.3) is 5.91 Å². The van der Waals surface area contributed by atoms with Gasteiger partial charge in [0.05, 0.1) is 13.4 Å². The predicted molar refractivity (Wildman–Crippen MR) is 96.3 cm³/mol. The molecule has 8 heteroatoms. The van der Waals surface area contributed by atoms with Crippen molar-refractivity contribution in [3.63, 3.8) is 0 Å². The van der Waals surface area contributed by atoms with Gasteiger partial charge in [-0.05, 0) is 37.3 Å². The normalized spacial score (nSPS) is 10.9. The molecule has 27 heavy (non-hydrogen) atoms. The Balaban J connectivity index is 1.65. The van der Waals surface area contributed by atoms with Crippen molar-refractivity contribution in [2.75, 3.05) is 12.4 Å². The molecular weight excluding hydrogens is 351 g/mol. The van der Waals surface area contributed by atoms with Crippen LogP contribution in [-0.4, -0.2) is 27.6 Å². The molecule has 4 rings (SSSR count). The monoisotopic (exact) mass is 366 g/mol. The number of aromatic nitrogens is 3. The molecule has 0 bridgehead atoms. The van der Waals surface area contributed by atoms with Crippen LogP contribution in [0.2, 0.25) is 0 Å². The first-order valence-corrected chi connectivity index (χ1v) is 8.11. The number of nitrogens with zero attached hydrogens (tertiary/aromatic N) is 3. The Kier molecular flexibility index (Phi) is 4.08. The molecule has 7 nitrogen and oxygen atoms in total. The standard InChI is InChI=1S/C19H15FN4O3/c1-11-8-15(19(25)21-12-5-6-16(26-2)13(20)9-12)22-18-10-14(23-24(11)18)17-4-3-7-27-17/h3-10H,1-2H3,(H,21,25). The van der Waals surface area contributed by atoms with Crippen LogP contribution in [-0.2, 0) is 0 Å². The molecule has 0 aliphatic carbocycles. The average molecular weight is 366 g/mol. The van der Waals surface area contributed by atoms with Crippen LogP contribution < -0.4 is 10.1 Å². The van der Waals surface area contributed by atoms with Crippen molar-refractivity contribution in [1.29, 1.82) is 0 Å². The molecule has 1 aromatic carbocycles. The third-order valence-electron chi connectivity index (χ3n) is 4.02. The van der Waals surface area contributed by atoms with Crippen molar-refractivity contribution < 1.29 is 18.3 Å². The number of anilines is 1. The summed E-state index contributed by atoms with van der Waals surface area (Å²) in [5.74, 6) is -0.299. The predicted octanol–water partition coefficient (Wildman–Crippen LogP) is 3.70. The highest BCUT2D eigenvalue weighted by atomic mass is 19.1. The summed E-state index contributed by atoms with van der Waals surface area (Å²) in [5.41, 5.74) is 2.35. The number of fused-ring (bicyclic) bond motifs is 1. The maximum absolute atomic E-state index is 13.8. The van der Waals surface area contributed by atoms with Gasteiger partial charge in [0, 0.05) is 23.5 Å². The zero-order valence-corrected chi connectivity index (χ0v) is 14.6. The smallest absolute Gasteiger partial charge is 0.274 e. The molecule has 0 spiro atoms. The highest BCUT2D eigenvalue weighted by Crippen LogP contribution is 2.22. The number of rotatable bonds is 4. The summed E-state index contributed by atoms with van der Waals surface area (Å²) in [6.45, 7) is 1.82. The Labute approximate surface area is 153 Å². The summed E-state index contributed by atoms with van der Waals surface area (Å²) in [4.78, 5) is 16.9. The fourth-order valence-electron chi connectivity index (χ4n) is 2.73. The van der Waals surface area contributed by atoms with Gasteiger partial charge in [-0.1, -0.05) is 0 Å². The molecular formula is C19H15FN4O3. The zero-order valence-electron chi connectivity index (χ0n) is 14.6. The van der Waals surface area contributed by atoms with E-state index < -0.39 is 11.7 Å². The molecule has 0 fully saturated rings. The molecule has 0 unspecified atom stereocenters. The van der Waals surface area contributed by atoms with Crippen LogP contribution in [0.15, 0.2) is 53.1 Å². The van der Waals surface area contributed by atoms with Gasteiger partial charge >= 0.3 is 0 Å². The molecule has 0 saturated heterocycles. The maximum atomic E-state index is 13.8. The van der Waals surface area contributed by atoms with Gasteiger partial charge in [0.2, 0.25) is 0 Å². The lowest BCUT2D eigenvalue weighted by atomic mass is 10.2. The minimum atomic E-state index is -0.561. The van der Waals surface area contributed by atoms with Crippen LogP contribution in [0.25, 0.3) is 17.1 Å². The molecule has 0 atom stereocenters. The maximum Gasteiger partial charge on any atom is 0.274 e. The van der Waals surface area contributed by atoms with Gasteiger partial charge in [-0.25, -0.2) is 13.9 Å². The lowest BCUT2D eigenvalue weighted by Crippen LogP contribution is -2.15. The number of hydrogen-bond donors (Lipinski definition) is 1. The van der Waals surface area contributed by atoms with Crippen molar-refractivity contribution in [2.24, 2.45) is 0 Å². The van der Waals surface area contributed by atoms with Gasteiger partial charge < -0.3 is 14.5 Å². The fourth-order valence-corrected chi connectivity index (χ4v) is 2.73. The number of carbonyl (C=O) groups is 1. The molecule has 1 N–H and O–H groups in total. The van der Waals surface area contributed by atoms with E-state index in [1.165, 1.54) is 19.2 Å². The van der Waals surface area contributed by atoms with E-state index in [2.05, 4.69) is 15.4 Å². The van der Waals surface area contributed by atoms with E-state index >= 15 is 0 Å². The van der Waals surface area contributed by atoms with Crippen molar-refractivity contribution in [3.05, 3.63) is 65.9 Å². The van der Waals surface area contributed by atoms with E-state index in [0.29, 0.717) is 22.8 Å². The van der Waals surface area contributed by atoms with Crippen LogP contribution in [0.4, 0.5) is 10.1 Å². The molecule has 0 saturated carbocycles. The molecule has 0 radical (unpaired) electrons. The number of furan rings is 1. The summed E-state index contributed by atoms with van der Waals surface area (Å²) in [6, 6.07) is 11.1. The minimum Gasteiger partial charge on any atom is -0.494 e. The first kappa shape index (κ1) is 16.8. The summed E-state index contributed by atoms with van der Waals surface area (Å²) < 4.78 is 25.6. The molecule has 0 aliphatic rings. The number of nitrogens with one attached hydrogen (secondary N) is 1. The lowest BCUT2D eigenvalue weighted by Gasteiger charge is -2.08. The Bertz CT molecular complexity index is 1140. The fraction of sp³-hybridized carbons (Fsp3) is 0.105. The van der Waals surface area contributed by atoms with Gasteiger partial charge in [0.1, 0.15) is 11.4 Å². The van der Waals surface area contributed by atoms with E-state index in [1.54, 1.807) is 41.1 Å². The minimum absolute atomic E-state index is 0.105. The van der Waals surface area contributed by atoms with Crippen LogP contribution in [0.1, 0.15) is 16.2 Å². The van der Waals surface area contributed by atoms with Crippen LogP contribution in [0, 0.1) is 12.7 Å². The van der Waals surface area contributed by atoms with E-state index in [4.69, 9.17) is 9.15 Å². The lowest BCUT2D eigenvalue weighted by molar-refractivity contribution is 0.102.